The van der Waals surface area contributed by atoms with Gasteiger partial charge in [-0.05, 0) is 121 Å². The molecule has 0 saturated heterocycles. The number of allylic oxidation sites excluding steroid dienone is 4. The molecule has 0 aliphatic heterocycles. The molecule has 0 nitrogen and oxygen atoms in total. The van der Waals surface area contributed by atoms with E-state index in [-0.39, 0.29) is 0 Å². The Hall–Kier alpha value is -4.98. The van der Waals surface area contributed by atoms with Crippen molar-refractivity contribution in [2.45, 2.75) is 67.7 Å². The van der Waals surface area contributed by atoms with E-state index >= 15 is 0 Å². The van der Waals surface area contributed by atoms with Crippen LogP contribution in [-0.4, -0.2) is 8.07 Å². The third kappa shape index (κ3) is 6.71. The normalized spacial score (nSPS) is 14.7. The summed E-state index contributed by atoms with van der Waals surface area (Å²) in [6, 6.07) is 55.0. The van der Waals surface area contributed by atoms with Gasteiger partial charge in [0.1, 0.15) is 0 Å². The summed E-state index contributed by atoms with van der Waals surface area (Å²) in [4.78, 5) is 0. The van der Waals surface area contributed by atoms with Gasteiger partial charge in [0, 0.05) is 0 Å². The molecule has 1 aliphatic rings. The highest BCUT2D eigenvalue weighted by molar-refractivity contribution is 7.17. The minimum atomic E-state index is -2.84. The highest BCUT2D eigenvalue weighted by Gasteiger charge is 2.50. The van der Waals surface area contributed by atoms with Crippen LogP contribution in [0.25, 0.3) is 0 Å². The lowest BCUT2D eigenvalue weighted by Crippen LogP contribution is -2.71. The molecule has 260 valence electrons. The van der Waals surface area contributed by atoms with E-state index in [0.29, 0.717) is 5.92 Å². The maximum absolute atomic E-state index is 2.84. The van der Waals surface area contributed by atoms with Crippen molar-refractivity contribution in [3.05, 3.63) is 218 Å². The summed E-state index contributed by atoms with van der Waals surface area (Å²) in [5, 5.41) is 6.21. The SMILES string of the molecule is CC1=C(C)C(C)C([Si](c2ccc(Cc3ccccc3)cc2C)(c2ccc(Cc3ccccc3)cc2C)c2ccc(Cc3ccccc3)cc2C)=C1C. The number of aryl methyl sites for hydroxylation is 3. The molecule has 1 heteroatoms. The molecule has 0 saturated carbocycles. The fourth-order valence-electron chi connectivity index (χ4n) is 9.10. The Morgan fingerprint density at radius 2 is 0.712 bits per heavy atom. The summed E-state index contributed by atoms with van der Waals surface area (Å²) < 4.78 is 0. The number of hydrogen-bond donors (Lipinski definition) is 0. The smallest absolute Gasteiger partial charge is 0.0636 e. The molecule has 1 aliphatic carbocycles. The van der Waals surface area contributed by atoms with Crippen LogP contribution in [0.15, 0.2) is 168 Å². The molecule has 0 heterocycles. The summed E-state index contributed by atoms with van der Waals surface area (Å²) in [6.45, 7) is 16.8. The highest BCUT2D eigenvalue weighted by atomic mass is 28.3. The van der Waals surface area contributed by atoms with E-state index in [1.807, 2.05) is 0 Å². The van der Waals surface area contributed by atoms with E-state index in [4.69, 9.17) is 0 Å². The van der Waals surface area contributed by atoms with Gasteiger partial charge in [-0.1, -0.05) is 186 Å². The summed E-state index contributed by atoms with van der Waals surface area (Å²) in [5.41, 5.74) is 16.8. The largest absolute Gasteiger partial charge is 0.177 e. The van der Waals surface area contributed by atoms with Gasteiger partial charge < -0.3 is 0 Å². The van der Waals surface area contributed by atoms with Crippen LogP contribution in [0.3, 0.4) is 0 Å². The van der Waals surface area contributed by atoms with E-state index in [2.05, 4.69) is 194 Å². The van der Waals surface area contributed by atoms with Crippen LogP contribution in [0.1, 0.15) is 77.8 Å². The second-order valence-electron chi connectivity index (χ2n) is 15.3. The van der Waals surface area contributed by atoms with Crippen molar-refractivity contribution in [3.63, 3.8) is 0 Å². The predicted octanol–water partition coefficient (Wildman–Crippen LogP) is 10.7. The Labute approximate surface area is 313 Å². The molecular weight excluding hydrogens is 641 g/mol. The van der Waals surface area contributed by atoms with Crippen molar-refractivity contribution in [3.8, 4) is 0 Å². The lowest BCUT2D eigenvalue weighted by atomic mass is 10.0. The predicted molar refractivity (Wildman–Crippen MR) is 226 cm³/mol. The molecule has 0 aromatic heterocycles. The zero-order chi connectivity index (χ0) is 36.4. The number of hydrogen-bond acceptors (Lipinski definition) is 0. The maximum Gasteiger partial charge on any atom is 0.177 e. The van der Waals surface area contributed by atoms with Gasteiger partial charge >= 0.3 is 0 Å². The molecule has 0 radical (unpaired) electrons. The summed E-state index contributed by atoms with van der Waals surface area (Å²) in [5.74, 6) is 0.363. The standard InChI is InChI=1S/C51H52Si/c1-35-29-45(32-42-17-11-8-12-18-42)23-26-48(35)52(51-40(6)38(4)39(5)41(51)7,49-27-24-46(30-36(49)2)33-43-19-13-9-14-20-43)50-28-25-47(31-37(50)3)34-44-21-15-10-16-22-44/h8-31,40H,32-34H2,1-7H3. The van der Waals surface area contributed by atoms with Crippen molar-refractivity contribution in [2.24, 2.45) is 5.92 Å². The molecule has 0 fully saturated rings. The van der Waals surface area contributed by atoms with E-state index in [0.717, 1.165) is 19.3 Å². The van der Waals surface area contributed by atoms with Gasteiger partial charge in [0.05, 0.1) is 0 Å². The molecule has 1 unspecified atom stereocenters. The van der Waals surface area contributed by atoms with Crippen molar-refractivity contribution in [1.29, 1.82) is 0 Å². The van der Waals surface area contributed by atoms with Gasteiger partial charge in [-0.15, -0.1) is 0 Å². The third-order valence-electron chi connectivity index (χ3n) is 11.9. The fraction of sp³-hybridized carbons (Fsp3) is 0.216. The summed E-state index contributed by atoms with van der Waals surface area (Å²) in [7, 11) is -2.84. The first-order valence-electron chi connectivity index (χ1n) is 19.0. The quantitative estimate of drug-likeness (QED) is 0.0990. The maximum atomic E-state index is 2.53. The van der Waals surface area contributed by atoms with Gasteiger partial charge in [0.2, 0.25) is 0 Å². The first-order chi connectivity index (χ1) is 25.2. The van der Waals surface area contributed by atoms with Crippen LogP contribution in [-0.2, 0) is 19.3 Å². The monoisotopic (exact) mass is 692 g/mol. The van der Waals surface area contributed by atoms with Gasteiger partial charge in [0.15, 0.2) is 8.07 Å². The van der Waals surface area contributed by atoms with Crippen LogP contribution in [0, 0.1) is 26.7 Å². The number of benzene rings is 6. The lowest BCUT2D eigenvalue weighted by Gasteiger charge is -2.41. The Kier molecular flexibility index (Phi) is 10.2. The summed E-state index contributed by atoms with van der Waals surface area (Å²) in [6.07, 6.45) is 2.82. The molecule has 0 amide bonds. The molecule has 0 bridgehead atoms. The zero-order valence-electron chi connectivity index (χ0n) is 32.1. The van der Waals surface area contributed by atoms with Crippen LogP contribution in [0.4, 0.5) is 0 Å². The van der Waals surface area contributed by atoms with Gasteiger partial charge in [-0.25, -0.2) is 0 Å². The average Bonchev–Trinajstić information content (AvgIpc) is 3.33. The van der Waals surface area contributed by atoms with Crippen LogP contribution in [0.5, 0.6) is 0 Å². The second kappa shape index (κ2) is 14.9. The Balaban J connectivity index is 1.48. The zero-order valence-corrected chi connectivity index (χ0v) is 33.1. The van der Waals surface area contributed by atoms with Crippen LogP contribution < -0.4 is 15.6 Å². The molecule has 7 rings (SSSR count). The third-order valence-corrected chi connectivity index (χ3v) is 17.6. The molecular formula is C51H52Si. The van der Waals surface area contributed by atoms with Crippen molar-refractivity contribution in [2.75, 3.05) is 0 Å². The van der Waals surface area contributed by atoms with E-state index in [9.17, 15) is 0 Å². The van der Waals surface area contributed by atoms with Gasteiger partial charge in [-0.2, -0.15) is 0 Å². The van der Waals surface area contributed by atoms with Crippen molar-refractivity contribution < 1.29 is 0 Å². The lowest BCUT2D eigenvalue weighted by molar-refractivity contribution is 0.851. The topological polar surface area (TPSA) is 0 Å². The van der Waals surface area contributed by atoms with E-state index in [1.165, 1.54) is 82.4 Å². The Morgan fingerprint density at radius 1 is 0.385 bits per heavy atom. The molecule has 1 atom stereocenters. The van der Waals surface area contributed by atoms with Gasteiger partial charge in [0.25, 0.3) is 0 Å². The first kappa shape index (κ1) is 35.4. The van der Waals surface area contributed by atoms with E-state index in [1.54, 1.807) is 5.20 Å². The summed E-state index contributed by atoms with van der Waals surface area (Å²) >= 11 is 0. The van der Waals surface area contributed by atoms with Crippen LogP contribution >= 0.6 is 0 Å². The Bertz CT molecular complexity index is 2050. The molecule has 0 spiro atoms. The van der Waals surface area contributed by atoms with Crippen molar-refractivity contribution >= 4 is 23.6 Å². The highest BCUT2D eigenvalue weighted by Crippen LogP contribution is 2.42. The minimum Gasteiger partial charge on any atom is -0.0636 e. The molecule has 6 aromatic carbocycles. The minimum absolute atomic E-state index is 0.363. The average molecular weight is 693 g/mol. The fourth-order valence-corrected chi connectivity index (χ4v) is 15.5. The van der Waals surface area contributed by atoms with E-state index < -0.39 is 8.07 Å². The Morgan fingerprint density at radius 3 is 0.981 bits per heavy atom. The van der Waals surface area contributed by atoms with Gasteiger partial charge in [-0.3, -0.25) is 0 Å². The number of rotatable bonds is 10. The van der Waals surface area contributed by atoms with Crippen LogP contribution in [0.2, 0.25) is 0 Å². The molecule has 0 N–H and O–H groups in total. The molecule has 6 aromatic rings. The first-order valence-corrected chi connectivity index (χ1v) is 21.0. The van der Waals surface area contributed by atoms with Crippen molar-refractivity contribution in [1.82, 2.24) is 0 Å². The second-order valence-corrected chi connectivity index (χ2v) is 18.9. The molecule has 52 heavy (non-hydrogen) atoms.